The molecule has 5 heteroatoms. The van der Waals surface area contributed by atoms with Crippen LogP contribution >= 0.6 is 11.3 Å². The monoisotopic (exact) mass is 245 g/mol. The Morgan fingerprint density at radius 1 is 1.18 bits per heavy atom. The van der Waals surface area contributed by atoms with E-state index in [1.807, 2.05) is 5.38 Å². The van der Waals surface area contributed by atoms with Gasteiger partial charge in [-0.2, -0.15) is 11.3 Å². The number of thiophene rings is 1. The number of carbonyl (C=O) groups is 1. The molecule has 2 rings (SSSR count). The molecule has 0 spiro atoms. The van der Waals surface area contributed by atoms with Crippen LogP contribution in [0.15, 0.2) is 41.1 Å². The van der Waals surface area contributed by atoms with E-state index in [0.29, 0.717) is 16.8 Å². The number of nitrogen functional groups attached to an aromatic ring is 1. The topological polar surface area (TPSA) is 79.0 Å². The number of amides is 1. The summed E-state index contributed by atoms with van der Waals surface area (Å²) >= 11 is 1.48. The molecule has 1 amide bonds. The highest BCUT2D eigenvalue weighted by molar-refractivity contribution is 7.08. The second-order valence-corrected chi connectivity index (χ2v) is 4.24. The first kappa shape index (κ1) is 11.3. The summed E-state index contributed by atoms with van der Waals surface area (Å²) in [4.78, 5) is 11.7. The summed E-state index contributed by atoms with van der Waals surface area (Å²) in [7, 11) is 0. The highest BCUT2D eigenvalue weighted by atomic mass is 32.1. The van der Waals surface area contributed by atoms with Gasteiger partial charge in [0.15, 0.2) is 0 Å². The van der Waals surface area contributed by atoms with Crippen LogP contribution in [0.1, 0.15) is 15.9 Å². The van der Waals surface area contributed by atoms with Crippen molar-refractivity contribution >= 4 is 28.8 Å². The summed E-state index contributed by atoms with van der Waals surface area (Å²) in [5.41, 5.74) is 7.31. The van der Waals surface area contributed by atoms with E-state index in [4.69, 9.17) is 11.1 Å². The van der Waals surface area contributed by atoms with Crippen molar-refractivity contribution in [3.05, 3.63) is 52.2 Å². The van der Waals surface area contributed by atoms with Crippen molar-refractivity contribution in [1.82, 2.24) is 0 Å². The van der Waals surface area contributed by atoms with Crippen LogP contribution in [0.4, 0.5) is 5.69 Å². The zero-order valence-corrected chi connectivity index (χ0v) is 9.75. The Labute approximate surface area is 103 Å². The van der Waals surface area contributed by atoms with Gasteiger partial charge in [-0.25, -0.2) is 0 Å². The third-order valence-electron chi connectivity index (χ3n) is 2.24. The van der Waals surface area contributed by atoms with Crippen LogP contribution in [-0.4, -0.2) is 11.7 Å². The van der Waals surface area contributed by atoms with Gasteiger partial charge >= 0.3 is 0 Å². The molecule has 0 aliphatic carbocycles. The molecular weight excluding hydrogens is 234 g/mol. The van der Waals surface area contributed by atoms with E-state index in [0.717, 1.165) is 0 Å². The molecule has 4 N–H and O–H groups in total. The third-order valence-corrected chi connectivity index (χ3v) is 2.92. The lowest BCUT2D eigenvalue weighted by Crippen LogP contribution is -2.12. The number of benzene rings is 1. The van der Waals surface area contributed by atoms with Crippen molar-refractivity contribution in [2.24, 2.45) is 5.73 Å². The van der Waals surface area contributed by atoms with Gasteiger partial charge in [0, 0.05) is 16.6 Å². The third kappa shape index (κ3) is 2.70. The normalized spacial score (nSPS) is 9.88. The molecule has 0 aliphatic heterocycles. The van der Waals surface area contributed by atoms with Gasteiger partial charge in [-0.15, -0.1) is 0 Å². The molecule has 0 bridgehead atoms. The maximum absolute atomic E-state index is 11.7. The molecular formula is C12H11N3OS. The summed E-state index contributed by atoms with van der Waals surface area (Å²) in [5, 5.41) is 13.7. The molecule has 1 aromatic heterocycles. The number of nitrogens with one attached hydrogen (secondary N) is 2. The Bertz CT molecular complexity index is 531. The summed E-state index contributed by atoms with van der Waals surface area (Å²) in [5.74, 6) is -0.123. The Morgan fingerprint density at radius 2 is 1.88 bits per heavy atom. The molecule has 0 fully saturated rings. The Hall–Kier alpha value is -2.14. The van der Waals surface area contributed by atoms with E-state index >= 15 is 0 Å². The van der Waals surface area contributed by atoms with Gasteiger partial charge in [0.25, 0.3) is 5.91 Å². The average molecular weight is 245 g/mol. The maximum atomic E-state index is 11.7. The Balaban J connectivity index is 2.09. The molecule has 1 aromatic carbocycles. The number of rotatable bonds is 3. The van der Waals surface area contributed by atoms with E-state index in [2.05, 4.69) is 5.32 Å². The average Bonchev–Trinajstić information content (AvgIpc) is 2.83. The van der Waals surface area contributed by atoms with Gasteiger partial charge in [-0.1, -0.05) is 0 Å². The zero-order chi connectivity index (χ0) is 12.3. The van der Waals surface area contributed by atoms with Crippen molar-refractivity contribution in [3.8, 4) is 0 Å². The molecule has 4 nitrogen and oxygen atoms in total. The number of hydrogen-bond donors (Lipinski definition) is 3. The second kappa shape index (κ2) is 4.80. The largest absolute Gasteiger partial charge is 0.384 e. The standard InChI is InChI=1S/C12H11N3OS/c13-11(14)8-1-3-10(4-2-8)15-12(16)9-5-6-17-7-9/h1-7H,(H3,13,14)(H,15,16). The fraction of sp³-hybridized carbons (Fsp3) is 0. The van der Waals surface area contributed by atoms with Crippen LogP contribution in [0.25, 0.3) is 0 Å². The first-order valence-corrected chi connectivity index (χ1v) is 5.89. The van der Waals surface area contributed by atoms with Crippen LogP contribution in [0, 0.1) is 5.41 Å². The van der Waals surface area contributed by atoms with Crippen LogP contribution in [0.5, 0.6) is 0 Å². The van der Waals surface area contributed by atoms with Crippen molar-refractivity contribution in [1.29, 1.82) is 5.41 Å². The summed E-state index contributed by atoms with van der Waals surface area (Å²) in [6, 6.07) is 8.61. The molecule has 17 heavy (non-hydrogen) atoms. The minimum absolute atomic E-state index is 0.0145. The van der Waals surface area contributed by atoms with Crippen molar-refractivity contribution in [2.45, 2.75) is 0 Å². The number of anilines is 1. The molecule has 86 valence electrons. The Morgan fingerprint density at radius 3 is 2.41 bits per heavy atom. The van der Waals surface area contributed by atoms with Gasteiger partial charge < -0.3 is 11.1 Å². The molecule has 0 unspecified atom stereocenters. The first-order valence-electron chi connectivity index (χ1n) is 4.95. The molecule has 0 atom stereocenters. The van der Waals surface area contributed by atoms with E-state index in [9.17, 15) is 4.79 Å². The lowest BCUT2D eigenvalue weighted by Gasteiger charge is -2.04. The minimum Gasteiger partial charge on any atom is -0.384 e. The van der Waals surface area contributed by atoms with Crippen LogP contribution < -0.4 is 11.1 Å². The summed E-state index contributed by atoms with van der Waals surface area (Å²) in [6.45, 7) is 0. The van der Waals surface area contributed by atoms with Crippen LogP contribution in [0.3, 0.4) is 0 Å². The van der Waals surface area contributed by atoms with E-state index < -0.39 is 0 Å². The van der Waals surface area contributed by atoms with Gasteiger partial charge in [-0.05, 0) is 35.7 Å². The van der Waals surface area contributed by atoms with E-state index in [1.54, 1.807) is 35.7 Å². The highest BCUT2D eigenvalue weighted by Crippen LogP contribution is 2.12. The predicted molar refractivity (Wildman–Crippen MR) is 69.7 cm³/mol. The number of hydrogen-bond acceptors (Lipinski definition) is 3. The summed E-state index contributed by atoms with van der Waals surface area (Å²) < 4.78 is 0. The molecule has 1 heterocycles. The zero-order valence-electron chi connectivity index (χ0n) is 8.94. The fourth-order valence-corrected chi connectivity index (χ4v) is 1.97. The highest BCUT2D eigenvalue weighted by Gasteiger charge is 2.06. The molecule has 0 saturated heterocycles. The lowest BCUT2D eigenvalue weighted by molar-refractivity contribution is 0.102. The maximum Gasteiger partial charge on any atom is 0.256 e. The van der Waals surface area contributed by atoms with Crippen LogP contribution in [0.2, 0.25) is 0 Å². The molecule has 0 radical (unpaired) electrons. The predicted octanol–water partition coefficient (Wildman–Crippen LogP) is 2.28. The second-order valence-electron chi connectivity index (χ2n) is 3.46. The quantitative estimate of drug-likeness (QED) is 0.573. The van der Waals surface area contributed by atoms with E-state index in [-0.39, 0.29) is 11.7 Å². The number of amidine groups is 1. The van der Waals surface area contributed by atoms with Crippen molar-refractivity contribution in [2.75, 3.05) is 5.32 Å². The van der Waals surface area contributed by atoms with E-state index in [1.165, 1.54) is 11.3 Å². The SMILES string of the molecule is N=C(N)c1ccc(NC(=O)c2ccsc2)cc1. The van der Waals surface area contributed by atoms with Gasteiger partial charge in [0.1, 0.15) is 5.84 Å². The minimum atomic E-state index is -0.137. The van der Waals surface area contributed by atoms with Crippen molar-refractivity contribution < 1.29 is 4.79 Å². The molecule has 0 aliphatic rings. The Kier molecular flexibility index (Phi) is 3.20. The van der Waals surface area contributed by atoms with Gasteiger partial charge in [0.2, 0.25) is 0 Å². The molecule has 0 saturated carbocycles. The number of carbonyl (C=O) groups excluding carboxylic acids is 1. The fourth-order valence-electron chi connectivity index (χ4n) is 1.33. The van der Waals surface area contributed by atoms with Gasteiger partial charge in [-0.3, -0.25) is 10.2 Å². The smallest absolute Gasteiger partial charge is 0.256 e. The first-order chi connectivity index (χ1) is 8.16. The lowest BCUT2D eigenvalue weighted by atomic mass is 10.2. The summed E-state index contributed by atoms with van der Waals surface area (Å²) in [6.07, 6.45) is 0. The van der Waals surface area contributed by atoms with Crippen molar-refractivity contribution in [3.63, 3.8) is 0 Å². The van der Waals surface area contributed by atoms with Gasteiger partial charge in [0.05, 0.1) is 5.56 Å². The van der Waals surface area contributed by atoms with Crippen LogP contribution in [-0.2, 0) is 0 Å². The number of nitrogens with two attached hydrogens (primary N) is 1. The molecule has 2 aromatic rings.